The lowest BCUT2D eigenvalue weighted by atomic mass is 10.1. The minimum absolute atomic E-state index is 0.109. The van der Waals surface area contributed by atoms with Crippen molar-refractivity contribution in [3.8, 4) is 0 Å². The highest BCUT2D eigenvalue weighted by Gasteiger charge is 2.20. The Morgan fingerprint density at radius 2 is 1.76 bits per heavy atom. The van der Waals surface area contributed by atoms with Crippen molar-refractivity contribution in [3.05, 3.63) is 62.8 Å². The summed E-state index contributed by atoms with van der Waals surface area (Å²) in [5.74, 6) is -0.619. The molecule has 112 valence electrons. The molecule has 0 radical (unpaired) electrons. The normalized spacial score (nSPS) is 13.1. The molecule has 0 aromatic heterocycles. The third kappa shape index (κ3) is 3.91. The van der Waals surface area contributed by atoms with Crippen LogP contribution in [0.15, 0.2) is 56.3 Å². The molecule has 7 heteroatoms. The maximum atomic E-state index is 13.5. The molecular formula is C14H12Br2FNO2S. The molecule has 1 N–H and O–H groups in total. The first-order chi connectivity index (χ1) is 9.81. The summed E-state index contributed by atoms with van der Waals surface area (Å²) in [7, 11) is -3.80. The van der Waals surface area contributed by atoms with E-state index in [1.54, 1.807) is 6.92 Å². The average Bonchev–Trinajstić information content (AvgIpc) is 2.41. The van der Waals surface area contributed by atoms with Crippen LogP contribution < -0.4 is 4.72 Å². The van der Waals surface area contributed by atoms with Gasteiger partial charge in [-0.3, -0.25) is 0 Å². The van der Waals surface area contributed by atoms with Gasteiger partial charge in [0, 0.05) is 10.5 Å². The molecule has 0 aliphatic carbocycles. The fraction of sp³-hybridized carbons (Fsp3) is 0.143. The number of hydrogen-bond acceptors (Lipinski definition) is 2. The summed E-state index contributed by atoms with van der Waals surface area (Å²) in [5, 5.41) is 0. The van der Waals surface area contributed by atoms with Gasteiger partial charge in [0.15, 0.2) is 0 Å². The van der Waals surface area contributed by atoms with Crippen LogP contribution in [0, 0.1) is 5.82 Å². The molecule has 0 fully saturated rings. The van der Waals surface area contributed by atoms with E-state index in [9.17, 15) is 12.8 Å². The zero-order chi connectivity index (χ0) is 15.6. The highest BCUT2D eigenvalue weighted by Crippen LogP contribution is 2.25. The van der Waals surface area contributed by atoms with Gasteiger partial charge < -0.3 is 0 Å². The molecule has 2 aromatic carbocycles. The largest absolute Gasteiger partial charge is 0.241 e. The quantitative estimate of drug-likeness (QED) is 0.772. The summed E-state index contributed by atoms with van der Waals surface area (Å²) in [4.78, 5) is -0.109. The van der Waals surface area contributed by atoms with Gasteiger partial charge in [0.25, 0.3) is 0 Å². The van der Waals surface area contributed by atoms with Crippen LogP contribution in [0.4, 0.5) is 4.39 Å². The second-order valence-corrected chi connectivity index (χ2v) is 7.86. The van der Waals surface area contributed by atoms with E-state index >= 15 is 0 Å². The maximum absolute atomic E-state index is 13.5. The summed E-state index contributed by atoms with van der Waals surface area (Å²) >= 11 is 6.38. The second kappa shape index (κ2) is 6.56. The lowest BCUT2D eigenvalue weighted by Gasteiger charge is -2.16. The van der Waals surface area contributed by atoms with Crippen LogP contribution in [0.5, 0.6) is 0 Å². The first kappa shape index (κ1) is 16.6. The fourth-order valence-electron chi connectivity index (χ4n) is 1.83. The Morgan fingerprint density at radius 1 is 1.10 bits per heavy atom. The first-order valence-electron chi connectivity index (χ1n) is 6.03. The zero-order valence-corrected chi connectivity index (χ0v) is 15.0. The van der Waals surface area contributed by atoms with Gasteiger partial charge in [-0.25, -0.2) is 17.5 Å². The Morgan fingerprint density at radius 3 is 2.38 bits per heavy atom. The minimum atomic E-state index is -3.80. The molecule has 0 saturated carbocycles. The van der Waals surface area contributed by atoms with Crippen molar-refractivity contribution in [1.29, 1.82) is 0 Å². The van der Waals surface area contributed by atoms with E-state index in [4.69, 9.17) is 0 Å². The zero-order valence-electron chi connectivity index (χ0n) is 11.0. The number of benzene rings is 2. The van der Waals surface area contributed by atoms with Gasteiger partial charge in [0.2, 0.25) is 10.0 Å². The van der Waals surface area contributed by atoms with Crippen molar-refractivity contribution in [2.45, 2.75) is 17.9 Å². The topological polar surface area (TPSA) is 46.2 Å². The van der Waals surface area contributed by atoms with Gasteiger partial charge in [0.05, 0.1) is 9.37 Å². The molecule has 0 amide bonds. The number of halogens is 3. The SMILES string of the molecule is CC(NS(=O)(=O)c1ccc(Br)c(F)c1)c1ccccc1Br. The molecule has 2 aromatic rings. The Hall–Kier alpha value is -0.760. The Balaban J connectivity index is 2.29. The third-order valence-corrected chi connectivity index (χ3v) is 5.81. The number of rotatable bonds is 4. The number of hydrogen-bond donors (Lipinski definition) is 1. The maximum Gasteiger partial charge on any atom is 0.241 e. The van der Waals surface area contributed by atoms with Gasteiger partial charge in [-0.15, -0.1) is 0 Å². The lowest BCUT2D eigenvalue weighted by molar-refractivity contribution is 0.563. The van der Waals surface area contributed by atoms with Crippen LogP contribution in [-0.4, -0.2) is 8.42 Å². The fourth-order valence-corrected chi connectivity index (χ4v) is 3.94. The van der Waals surface area contributed by atoms with Gasteiger partial charge in [-0.05, 0) is 52.7 Å². The highest BCUT2D eigenvalue weighted by atomic mass is 79.9. The van der Waals surface area contributed by atoms with Gasteiger partial charge in [0.1, 0.15) is 5.82 Å². The van der Waals surface area contributed by atoms with Crippen LogP contribution in [0.25, 0.3) is 0 Å². The van der Waals surface area contributed by atoms with Crippen molar-refractivity contribution >= 4 is 41.9 Å². The molecule has 0 spiro atoms. The Labute approximate surface area is 139 Å². The summed E-state index contributed by atoms with van der Waals surface area (Å²) < 4.78 is 41.6. The summed E-state index contributed by atoms with van der Waals surface area (Å²) in [6.45, 7) is 1.73. The molecule has 0 saturated heterocycles. The second-order valence-electron chi connectivity index (χ2n) is 4.44. The molecule has 0 aliphatic rings. The van der Waals surface area contributed by atoms with E-state index < -0.39 is 21.9 Å². The number of nitrogens with one attached hydrogen (secondary N) is 1. The Bertz CT molecular complexity index is 765. The van der Waals surface area contributed by atoms with Crippen LogP contribution in [0.3, 0.4) is 0 Å². The number of sulfonamides is 1. The van der Waals surface area contributed by atoms with Crippen molar-refractivity contribution in [2.24, 2.45) is 0 Å². The molecule has 0 heterocycles. The molecule has 0 bridgehead atoms. The monoisotopic (exact) mass is 435 g/mol. The van der Waals surface area contributed by atoms with E-state index in [1.165, 1.54) is 12.1 Å². The standard InChI is InChI=1S/C14H12Br2FNO2S/c1-9(11-4-2-3-5-12(11)15)18-21(19,20)10-6-7-13(16)14(17)8-10/h2-9,18H,1H3. The van der Waals surface area contributed by atoms with E-state index in [0.717, 1.165) is 16.1 Å². The Kier molecular flexibility index (Phi) is 5.19. The van der Waals surface area contributed by atoms with E-state index in [-0.39, 0.29) is 9.37 Å². The van der Waals surface area contributed by atoms with Crippen molar-refractivity contribution < 1.29 is 12.8 Å². The van der Waals surface area contributed by atoms with Crippen LogP contribution in [0.1, 0.15) is 18.5 Å². The smallest absolute Gasteiger partial charge is 0.207 e. The molecule has 2 rings (SSSR count). The molecule has 0 aliphatic heterocycles. The highest BCUT2D eigenvalue weighted by molar-refractivity contribution is 9.10. The van der Waals surface area contributed by atoms with Crippen LogP contribution in [-0.2, 0) is 10.0 Å². The predicted octanol–water partition coefficient (Wildman–Crippen LogP) is 4.39. The van der Waals surface area contributed by atoms with E-state index in [2.05, 4.69) is 36.6 Å². The average molecular weight is 437 g/mol. The first-order valence-corrected chi connectivity index (χ1v) is 9.10. The predicted molar refractivity (Wildman–Crippen MR) is 87.0 cm³/mol. The van der Waals surface area contributed by atoms with E-state index in [1.807, 2.05) is 24.3 Å². The van der Waals surface area contributed by atoms with Crippen LogP contribution in [0.2, 0.25) is 0 Å². The van der Waals surface area contributed by atoms with Gasteiger partial charge >= 0.3 is 0 Å². The molecule has 1 atom stereocenters. The van der Waals surface area contributed by atoms with Crippen LogP contribution >= 0.6 is 31.9 Å². The molecule has 3 nitrogen and oxygen atoms in total. The summed E-state index contributed by atoms with van der Waals surface area (Å²) in [6, 6.07) is 10.6. The molecule has 1 unspecified atom stereocenters. The van der Waals surface area contributed by atoms with Gasteiger partial charge in [-0.1, -0.05) is 34.1 Å². The minimum Gasteiger partial charge on any atom is -0.207 e. The van der Waals surface area contributed by atoms with Crippen molar-refractivity contribution in [2.75, 3.05) is 0 Å². The summed E-state index contributed by atoms with van der Waals surface area (Å²) in [6.07, 6.45) is 0. The van der Waals surface area contributed by atoms with Crippen molar-refractivity contribution in [3.63, 3.8) is 0 Å². The van der Waals surface area contributed by atoms with Crippen molar-refractivity contribution in [1.82, 2.24) is 4.72 Å². The van der Waals surface area contributed by atoms with Gasteiger partial charge in [-0.2, -0.15) is 0 Å². The lowest BCUT2D eigenvalue weighted by Crippen LogP contribution is -2.27. The molecule has 21 heavy (non-hydrogen) atoms. The summed E-state index contributed by atoms with van der Waals surface area (Å²) in [5.41, 5.74) is 0.804. The molecular weight excluding hydrogens is 425 g/mol. The third-order valence-electron chi connectivity index (χ3n) is 2.91. The van der Waals surface area contributed by atoms with E-state index in [0.29, 0.717) is 0 Å².